The van der Waals surface area contributed by atoms with E-state index in [1.54, 1.807) is 13.0 Å². The Morgan fingerprint density at radius 3 is 2.88 bits per heavy atom. The third-order valence-corrected chi connectivity index (χ3v) is 2.45. The van der Waals surface area contributed by atoms with Crippen LogP contribution in [0.3, 0.4) is 0 Å². The number of anilines is 3. The van der Waals surface area contributed by atoms with Gasteiger partial charge in [-0.2, -0.15) is 0 Å². The highest BCUT2D eigenvalue weighted by molar-refractivity contribution is 5.93. The normalized spacial score (nSPS) is 14.6. The van der Waals surface area contributed by atoms with Gasteiger partial charge in [0.2, 0.25) is 5.91 Å². The number of hydrogen-bond acceptors (Lipinski definition) is 4. The Morgan fingerprint density at radius 2 is 2.31 bits per heavy atom. The number of nitrogens with zero attached hydrogens (tertiary/aromatic N) is 1. The third-order valence-electron chi connectivity index (χ3n) is 2.45. The van der Waals surface area contributed by atoms with E-state index in [-0.39, 0.29) is 5.91 Å². The lowest BCUT2D eigenvalue weighted by Crippen LogP contribution is -2.12. The smallest absolute Gasteiger partial charge is 0.224 e. The van der Waals surface area contributed by atoms with Crippen LogP contribution in [-0.2, 0) is 4.79 Å². The molecule has 0 spiro atoms. The summed E-state index contributed by atoms with van der Waals surface area (Å²) in [4.78, 5) is 15.4. The Kier molecular flexibility index (Phi) is 2.94. The van der Waals surface area contributed by atoms with Crippen molar-refractivity contribution in [2.24, 2.45) is 0 Å². The van der Waals surface area contributed by atoms with Crippen molar-refractivity contribution in [3.63, 3.8) is 0 Å². The molecule has 86 valence electrons. The number of carbonyl (C=O) groups excluding carboxylic acids is 1. The summed E-state index contributed by atoms with van der Waals surface area (Å²) >= 11 is 0. The number of aromatic nitrogens is 1. The van der Waals surface area contributed by atoms with Gasteiger partial charge in [0.05, 0.1) is 5.69 Å². The molecule has 1 aliphatic carbocycles. The summed E-state index contributed by atoms with van der Waals surface area (Å²) < 4.78 is 0. The molecule has 0 aromatic carbocycles. The first kappa shape index (κ1) is 10.7. The predicted octanol–water partition coefficient (Wildman–Crippen LogP) is 1.59. The zero-order chi connectivity index (χ0) is 11.5. The highest BCUT2D eigenvalue weighted by Gasteiger charge is 2.21. The van der Waals surface area contributed by atoms with Gasteiger partial charge in [-0.25, -0.2) is 4.98 Å². The molecule has 5 nitrogen and oxygen atoms in total. The van der Waals surface area contributed by atoms with Crippen molar-refractivity contribution in [3.05, 3.63) is 12.1 Å². The molecule has 0 aliphatic heterocycles. The lowest BCUT2D eigenvalue weighted by molar-refractivity contribution is -0.115. The molecular weight excluding hydrogens is 204 g/mol. The number of nitrogen functional groups attached to an aromatic ring is 1. The van der Waals surface area contributed by atoms with E-state index in [1.807, 2.05) is 6.07 Å². The van der Waals surface area contributed by atoms with Gasteiger partial charge >= 0.3 is 0 Å². The van der Waals surface area contributed by atoms with Gasteiger partial charge in [-0.15, -0.1) is 0 Å². The lowest BCUT2D eigenvalue weighted by Gasteiger charge is -2.09. The molecule has 1 saturated carbocycles. The molecule has 1 aromatic heterocycles. The fourth-order valence-electron chi connectivity index (χ4n) is 1.34. The minimum absolute atomic E-state index is 0.0589. The van der Waals surface area contributed by atoms with Crippen molar-refractivity contribution >= 4 is 23.2 Å². The Hall–Kier alpha value is -1.78. The van der Waals surface area contributed by atoms with E-state index in [1.165, 1.54) is 12.8 Å². The first-order chi connectivity index (χ1) is 7.69. The maximum absolute atomic E-state index is 11.2. The molecule has 1 heterocycles. The van der Waals surface area contributed by atoms with Crippen LogP contribution in [0.1, 0.15) is 26.2 Å². The van der Waals surface area contributed by atoms with Gasteiger partial charge in [0, 0.05) is 12.5 Å². The Morgan fingerprint density at radius 1 is 1.56 bits per heavy atom. The van der Waals surface area contributed by atoms with Gasteiger partial charge in [-0.05, 0) is 25.0 Å². The second-order valence-electron chi connectivity index (χ2n) is 3.95. The first-order valence-corrected chi connectivity index (χ1v) is 5.52. The fourth-order valence-corrected chi connectivity index (χ4v) is 1.34. The maximum atomic E-state index is 11.2. The number of pyridine rings is 1. The van der Waals surface area contributed by atoms with Crippen LogP contribution in [0.2, 0.25) is 0 Å². The third kappa shape index (κ3) is 2.62. The Balaban J connectivity index is 2.06. The van der Waals surface area contributed by atoms with E-state index < -0.39 is 0 Å². The molecule has 1 aliphatic rings. The van der Waals surface area contributed by atoms with Gasteiger partial charge in [-0.3, -0.25) is 4.79 Å². The Labute approximate surface area is 94.4 Å². The van der Waals surface area contributed by atoms with Crippen molar-refractivity contribution in [3.8, 4) is 0 Å². The van der Waals surface area contributed by atoms with Crippen LogP contribution in [0, 0.1) is 0 Å². The van der Waals surface area contributed by atoms with Crippen LogP contribution in [-0.4, -0.2) is 16.9 Å². The van der Waals surface area contributed by atoms with Crippen LogP contribution < -0.4 is 16.4 Å². The van der Waals surface area contributed by atoms with Crippen LogP contribution in [0.15, 0.2) is 12.1 Å². The highest BCUT2D eigenvalue weighted by atomic mass is 16.1. The first-order valence-electron chi connectivity index (χ1n) is 5.52. The standard InChI is InChI=1S/C11H16N4O/c1-2-10(16)14-8-5-6-9(15-11(8)12)13-7-3-4-7/h5-7H,2-4H2,1H3,(H,14,16)(H3,12,13,15). The molecule has 2 rings (SSSR count). The quantitative estimate of drug-likeness (QED) is 0.719. The molecule has 1 fully saturated rings. The number of hydrogen-bond donors (Lipinski definition) is 3. The highest BCUT2D eigenvalue weighted by Crippen LogP contribution is 2.25. The number of carbonyl (C=O) groups is 1. The van der Waals surface area contributed by atoms with Crippen LogP contribution >= 0.6 is 0 Å². The van der Waals surface area contributed by atoms with Crippen molar-refractivity contribution in [1.29, 1.82) is 0 Å². The number of amides is 1. The van der Waals surface area contributed by atoms with E-state index in [2.05, 4.69) is 15.6 Å². The van der Waals surface area contributed by atoms with E-state index in [9.17, 15) is 4.79 Å². The van der Waals surface area contributed by atoms with Gasteiger partial charge in [-0.1, -0.05) is 6.92 Å². The fraction of sp³-hybridized carbons (Fsp3) is 0.455. The number of nitrogens with two attached hydrogens (primary N) is 1. The van der Waals surface area contributed by atoms with E-state index in [0.717, 1.165) is 5.82 Å². The van der Waals surface area contributed by atoms with Crippen molar-refractivity contribution in [1.82, 2.24) is 4.98 Å². The summed E-state index contributed by atoms with van der Waals surface area (Å²) in [5.74, 6) is 1.07. The minimum Gasteiger partial charge on any atom is -0.382 e. The topological polar surface area (TPSA) is 80.0 Å². The molecule has 0 unspecified atom stereocenters. The molecule has 16 heavy (non-hydrogen) atoms. The van der Waals surface area contributed by atoms with Crippen molar-refractivity contribution in [2.75, 3.05) is 16.4 Å². The summed E-state index contributed by atoms with van der Waals surface area (Å²) in [7, 11) is 0. The average molecular weight is 220 g/mol. The van der Waals surface area contributed by atoms with Gasteiger partial charge < -0.3 is 16.4 Å². The summed E-state index contributed by atoms with van der Waals surface area (Å²) in [5, 5.41) is 5.95. The summed E-state index contributed by atoms with van der Waals surface area (Å²) in [6.07, 6.45) is 2.81. The van der Waals surface area contributed by atoms with E-state index >= 15 is 0 Å². The maximum Gasteiger partial charge on any atom is 0.224 e. The SMILES string of the molecule is CCC(=O)Nc1ccc(NC2CC2)nc1N. The van der Waals surface area contributed by atoms with Crippen molar-refractivity contribution < 1.29 is 4.79 Å². The second kappa shape index (κ2) is 4.38. The molecule has 0 bridgehead atoms. The van der Waals surface area contributed by atoms with Crippen LogP contribution in [0.25, 0.3) is 0 Å². The number of rotatable bonds is 4. The predicted molar refractivity (Wildman–Crippen MR) is 64.2 cm³/mol. The van der Waals surface area contributed by atoms with E-state index in [0.29, 0.717) is 24.0 Å². The summed E-state index contributed by atoms with van der Waals surface area (Å²) in [6.45, 7) is 1.79. The minimum atomic E-state index is -0.0589. The second-order valence-corrected chi connectivity index (χ2v) is 3.95. The summed E-state index contributed by atoms with van der Waals surface area (Å²) in [6, 6.07) is 4.16. The average Bonchev–Trinajstić information content (AvgIpc) is 3.06. The molecule has 1 amide bonds. The molecule has 0 saturated heterocycles. The monoisotopic (exact) mass is 220 g/mol. The zero-order valence-corrected chi connectivity index (χ0v) is 9.29. The molecule has 5 heteroatoms. The zero-order valence-electron chi connectivity index (χ0n) is 9.29. The van der Waals surface area contributed by atoms with Crippen LogP contribution in [0.4, 0.5) is 17.3 Å². The largest absolute Gasteiger partial charge is 0.382 e. The van der Waals surface area contributed by atoms with E-state index in [4.69, 9.17) is 5.73 Å². The number of nitrogens with one attached hydrogen (secondary N) is 2. The van der Waals surface area contributed by atoms with Crippen molar-refractivity contribution in [2.45, 2.75) is 32.2 Å². The van der Waals surface area contributed by atoms with Gasteiger partial charge in [0.15, 0.2) is 0 Å². The molecule has 0 radical (unpaired) electrons. The molecule has 0 atom stereocenters. The Bertz CT molecular complexity index is 401. The van der Waals surface area contributed by atoms with Crippen LogP contribution in [0.5, 0.6) is 0 Å². The molecular formula is C11H16N4O. The molecule has 1 aromatic rings. The summed E-state index contributed by atoms with van der Waals surface area (Å²) in [5.41, 5.74) is 6.33. The van der Waals surface area contributed by atoms with Gasteiger partial charge in [0.25, 0.3) is 0 Å². The van der Waals surface area contributed by atoms with Gasteiger partial charge in [0.1, 0.15) is 11.6 Å². The lowest BCUT2D eigenvalue weighted by atomic mass is 10.3. The molecule has 4 N–H and O–H groups in total.